The summed E-state index contributed by atoms with van der Waals surface area (Å²) in [5.41, 5.74) is 1.73. The molecule has 37 heavy (non-hydrogen) atoms. The van der Waals surface area contributed by atoms with Crippen molar-refractivity contribution in [1.29, 1.82) is 0 Å². The number of phenolic OH excluding ortho intramolecular Hbond substituents is 2. The Kier molecular flexibility index (Phi) is 8.91. The summed E-state index contributed by atoms with van der Waals surface area (Å²) in [5, 5.41) is 28.3. The highest BCUT2D eigenvalue weighted by molar-refractivity contribution is 6.33. The van der Waals surface area contributed by atoms with E-state index in [1.165, 1.54) is 5.69 Å². The molecule has 0 saturated carbocycles. The summed E-state index contributed by atoms with van der Waals surface area (Å²) in [6.45, 7) is 3.64. The predicted molar refractivity (Wildman–Crippen MR) is 140 cm³/mol. The van der Waals surface area contributed by atoms with E-state index in [4.69, 9.17) is 25.9 Å². The van der Waals surface area contributed by atoms with Crippen LogP contribution < -0.4 is 5.32 Å². The van der Waals surface area contributed by atoms with Crippen LogP contribution >= 0.6 is 11.6 Å². The minimum atomic E-state index is -0.736. The van der Waals surface area contributed by atoms with Gasteiger partial charge in [0.15, 0.2) is 0 Å². The number of rotatable bonds is 7. The number of epoxide rings is 1. The number of cyclic esters (lactones) is 1. The molecule has 3 atom stereocenters. The third-order valence-electron chi connectivity index (χ3n) is 6.21. The summed E-state index contributed by atoms with van der Waals surface area (Å²) < 4.78 is 13.2. The lowest BCUT2D eigenvalue weighted by molar-refractivity contribution is 0.0306. The Balaban J connectivity index is 1.47. The maximum atomic E-state index is 13.0. The van der Waals surface area contributed by atoms with E-state index < -0.39 is 17.8 Å². The number of benzene rings is 1. The van der Waals surface area contributed by atoms with Crippen LogP contribution in [0.15, 0.2) is 53.9 Å². The van der Waals surface area contributed by atoms with Gasteiger partial charge in [0.1, 0.15) is 35.9 Å². The highest BCUT2D eigenvalue weighted by Crippen LogP contribution is 2.38. The number of carbonyl (C=O) groups is 1. The van der Waals surface area contributed by atoms with E-state index in [0.717, 1.165) is 25.6 Å². The van der Waals surface area contributed by atoms with Gasteiger partial charge in [-0.05, 0) is 43.7 Å². The lowest BCUT2D eigenvalue weighted by atomic mass is 9.99. The minimum Gasteiger partial charge on any atom is -0.507 e. The van der Waals surface area contributed by atoms with E-state index in [2.05, 4.69) is 21.1 Å². The van der Waals surface area contributed by atoms with Crippen molar-refractivity contribution in [3.05, 3.63) is 70.5 Å². The largest absolute Gasteiger partial charge is 0.507 e. The molecule has 1 saturated heterocycles. The highest BCUT2D eigenvalue weighted by Gasteiger charge is 2.38. The van der Waals surface area contributed by atoms with Gasteiger partial charge in [-0.15, -0.1) is 0 Å². The quantitative estimate of drug-likeness (QED) is 0.215. The van der Waals surface area contributed by atoms with E-state index in [-0.39, 0.29) is 40.5 Å². The van der Waals surface area contributed by atoms with Crippen LogP contribution in [0.2, 0.25) is 5.02 Å². The fraction of sp³-hybridized carbons (Fsp3) is 0.407. The number of oxime groups is 1. The molecule has 0 amide bonds. The number of esters is 1. The van der Waals surface area contributed by atoms with Crippen molar-refractivity contribution in [2.24, 2.45) is 12.2 Å². The van der Waals surface area contributed by atoms with Crippen LogP contribution in [-0.4, -0.2) is 57.9 Å². The third kappa shape index (κ3) is 7.15. The molecule has 0 bridgehead atoms. The fourth-order valence-electron chi connectivity index (χ4n) is 4.14. The van der Waals surface area contributed by atoms with E-state index in [1.807, 2.05) is 31.5 Å². The predicted octanol–water partition coefficient (Wildman–Crippen LogP) is 4.01. The first-order valence-electron chi connectivity index (χ1n) is 12.3. The van der Waals surface area contributed by atoms with E-state index in [1.54, 1.807) is 19.1 Å². The Hall–Kier alpha value is -3.27. The van der Waals surface area contributed by atoms with E-state index >= 15 is 0 Å². The summed E-state index contributed by atoms with van der Waals surface area (Å²) in [6.07, 6.45) is 10.1. The second-order valence-electron chi connectivity index (χ2n) is 9.15. The van der Waals surface area contributed by atoms with Gasteiger partial charge in [0.05, 0.1) is 16.8 Å². The Morgan fingerprint density at radius 2 is 2.14 bits per heavy atom. The number of fused-ring (bicyclic) bond motifs is 2. The maximum absolute atomic E-state index is 13.0. The first kappa shape index (κ1) is 26.8. The molecule has 198 valence electrons. The lowest BCUT2D eigenvalue weighted by Gasteiger charge is -2.17. The molecule has 3 unspecified atom stereocenters. The molecule has 10 heteroatoms. The smallest absolute Gasteiger partial charge is 0.342 e. The number of carbonyl (C=O) groups excluding carboxylic acids is 1. The number of nitrogens with one attached hydrogen (secondary N) is 1. The number of aromatic hydroxyl groups is 2. The van der Waals surface area contributed by atoms with Crippen molar-refractivity contribution in [2.45, 2.75) is 51.0 Å². The summed E-state index contributed by atoms with van der Waals surface area (Å²) in [4.78, 5) is 18.5. The average molecular weight is 530 g/mol. The van der Waals surface area contributed by atoms with E-state index in [9.17, 15) is 15.0 Å². The number of aromatic nitrogens is 1. The summed E-state index contributed by atoms with van der Waals surface area (Å²) in [7, 11) is 2.01. The van der Waals surface area contributed by atoms with Crippen molar-refractivity contribution >= 4 is 23.3 Å². The third-order valence-corrected chi connectivity index (χ3v) is 6.63. The summed E-state index contributed by atoms with van der Waals surface area (Å²) in [5.74, 6) is -1.50. The molecule has 2 aliphatic heterocycles. The topological polar surface area (TPSA) is 118 Å². The van der Waals surface area contributed by atoms with E-state index in [0.29, 0.717) is 18.7 Å². The van der Waals surface area contributed by atoms with Crippen molar-refractivity contribution in [1.82, 2.24) is 9.88 Å². The van der Waals surface area contributed by atoms with Gasteiger partial charge in [0.2, 0.25) is 0 Å². The van der Waals surface area contributed by atoms with Gasteiger partial charge in [-0.2, -0.15) is 0 Å². The SMILES string of the molecule is CC1CC2OC2\C=C/C=C/C(=N\OCCCNCc2cccn2C)Cc2c(Cl)c(O)cc(O)c2C(=O)O1. The van der Waals surface area contributed by atoms with Crippen LogP contribution in [0.25, 0.3) is 0 Å². The van der Waals surface area contributed by atoms with Crippen LogP contribution in [0.3, 0.4) is 0 Å². The zero-order chi connectivity index (χ0) is 26.4. The standard InChI is InChI=1S/C27H32ClN3O6/c1-17-13-24-23(37-24)9-4-3-7-18(30-35-12-6-10-29-16-19-8-5-11-31(19)2)14-20-25(27(34)36-17)21(32)15-22(33)26(20)28/h3-5,7-9,11,15,17,23-24,29,32-33H,6,10,12-14,16H2,1-2H3/b7-3+,9-4-,30-18+. The molecule has 1 aromatic heterocycles. The Morgan fingerprint density at radius 3 is 2.92 bits per heavy atom. The Morgan fingerprint density at radius 1 is 1.30 bits per heavy atom. The number of nitrogens with zero attached hydrogens (tertiary/aromatic N) is 2. The molecule has 2 aliphatic rings. The number of ether oxygens (including phenoxy) is 2. The molecule has 1 aromatic carbocycles. The minimum absolute atomic E-state index is 0.0260. The Labute approximate surface area is 221 Å². The van der Waals surface area contributed by atoms with Crippen LogP contribution in [0.1, 0.15) is 41.4 Å². The first-order valence-corrected chi connectivity index (χ1v) is 12.7. The number of phenols is 2. The molecule has 2 aromatic rings. The number of hydrogen-bond acceptors (Lipinski definition) is 8. The van der Waals surface area contributed by atoms with Gasteiger partial charge in [0.25, 0.3) is 0 Å². The molecule has 3 heterocycles. The second-order valence-corrected chi connectivity index (χ2v) is 9.53. The monoisotopic (exact) mass is 529 g/mol. The van der Waals surface area contributed by atoms with Crippen LogP contribution in [0.4, 0.5) is 0 Å². The number of halogens is 1. The second kappa shape index (κ2) is 12.3. The zero-order valence-electron chi connectivity index (χ0n) is 20.9. The fourth-order valence-corrected chi connectivity index (χ4v) is 4.36. The van der Waals surface area contributed by atoms with Crippen LogP contribution in [-0.2, 0) is 34.3 Å². The van der Waals surface area contributed by atoms with Crippen molar-refractivity contribution in [3.63, 3.8) is 0 Å². The first-order chi connectivity index (χ1) is 17.8. The van der Waals surface area contributed by atoms with Gasteiger partial charge in [-0.25, -0.2) is 4.79 Å². The molecular formula is C27H32ClN3O6. The zero-order valence-corrected chi connectivity index (χ0v) is 21.6. The van der Waals surface area contributed by atoms with Gasteiger partial charge in [-0.3, -0.25) is 0 Å². The molecule has 0 aliphatic carbocycles. The molecular weight excluding hydrogens is 498 g/mol. The lowest BCUT2D eigenvalue weighted by Crippen LogP contribution is -2.20. The highest BCUT2D eigenvalue weighted by atomic mass is 35.5. The number of hydrogen-bond donors (Lipinski definition) is 3. The number of allylic oxidation sites excluding steroid dienone is 3. The molecule has 4 rings (SSSR count). The molecule has 9 nitrogen and oxygen atoms in total. The molecule has 3 N–H and O–H groups in total. The van der Waals surface area contributed by atoms with Gasteiger partial charge >= 0.3 is 5.97 Å². The normalized spacial score (nSPS) is 24.5. The van der Waals surface area contributed by atoms with Gasteiger partial charge in [0, 0.05) is 44.4 Å². The summed E-state index contributed by atoms with van der Waals surface area (Å²) in [6, 6.07) is 5.10. The van der Waals surface area contributed by atoms with Gasteiger partial charge < -0.3 is 34.4 Å². The maximum Gasteiger partial charge on any atom is 0.342 e. The average Bonchev–Trinajstić information content (AvgIpc) is 3.45. The summed E-state index contributed by atoms with van der Waals surface area (Å²) >= 11 is 6.37. The Bertz CT molecular complexity index is 1200. The molecule has 0 radical (unpaired) electrons. The van der Waals surface area contributed by atoms with Crippen molar-refractivity contribution < 1.29 is 29.3 Å². The number of aryl methyl sites for hydroxylation is 1. The molecule has 1 fully saturated rings. The van der Waals surface area contributed by atoms with Crippen molar-refractivity contribution in [3.8, 4) is 11.5 Å². The van der Waals surface area contributed by atoms with Crippen molar-refractivity contribution in [2.75, 3.05) is 13.2 Å². The molecule has 0 spiro atoms. The van der Waals surface area contributed by atoms with Gasteiger partial charge in [-0.1, -0.05) is 35.0 Å². The van der Waals surface area contributed by atoms with Crippen LogP contribution in [0.5, 0.6) is 11.5 Å². The van der Waals surface area contributed by atoms with Crippen LogP contribution in [0, 0.1) is 0 Å².